The molecule has 1 fully saturated rings. The van der Waals surface area contributed by atoms with E-state index in [1.807, 2.05) is 24.3 Å². The minimum atomic E-state index is -0.110. The molecule has 0 atom stereocenters. The molecule has 1 N–H and O–H groups in total. The van der Waals surface area contributed by atoms with Gasteiger partial charge in [0.2, 0.25) is 0 Å². The third kappa shape index (κ3) is 4.43. The summed E-state index contributed by atoms with van der Waals surface area (Å²) < 4.78 is 11.1. The summed E-state index contributed by atoms with van der Waals surface area (Å²) >= 11 is 6.67. The number of carbonyl (C=O) groups excluding carboxylic acids is 1. The molecule has 5 nitrogen and oxygen atoms in total. The summed E-state index contributed by atoms with van der Waals surface area (Å²) in [6.45, 7) is 0.493. The zero-order valence-corrected chi connectivity index (χ0v) is 16.6. The van der Waals surface area contributed by atoms with Gasteiger partial charge in [-0.05, 0) is 42.3 Å². The number of carbonyl (C=O) groups is 1. The normalized spacial score (nSPS) is 15.5. The maximum Gasteiger partial charge on any atom is 0.266 e. The van der Waals surface area contributed by atoms with Gasteiger partial charge in [0, 0.05) is 18.2 Å². The highest BCUT2D eigenvalue weighted by Gasteiger charge is 2.31. The fourth-order valence-electron chi connectivity index (χ4n) is 2.68. The van der Waals surface area contributed by atoms with Gasteiger partial charge in [-0.15, -0.1) is 0 Å². The van der Waals surface area contributed by atoms with Crippen molar-refractivity contribution in [2.24, 2.45) is 0 Å². The average molecular weight is 402 g/mol. The molecule has 0 spiro atoms. The molecule has 140 valence electrons. The molecule has 2 aromatic carbocycles. The summed E-state index contributed by atoms with van der Waals surface area (Å²) in [7, 11) is 3.17. The number of thiocarbonyl (C=S) groups is 1. The van der Waals surface area contributed by atoms with E-state index in [0.29, 0.717) is 33.7 Å². The summed E-state index contributed by atoms with van der Waals surface area (Å²) in [5, 5.41) is 9.36. The second-order valence-corrected chi connectivity index (χ2v) is 7.53. The van der Waals surface area contributed by atoms with Crippen LogP contribution in [0.4, 0.5) is 0 Å². The molecule has 7 heteroatoms. The Morgan fingerprint density at radius 3 is 2.56 bits per heavy atom. The lowest BCUT2D eigenvalue weighted by Crippen LogP contribution is -2.30. The van der Waals surface area contributed by atoms with Crippen LogP contribution >= 0.6 is 24.0 Å². The molecule has 0 aliphatic carbocycles. The van der Waals surface area contributed by atoms with Gasteiger partial charge in [0.1, 0.15) is 21.6 Å². The SMILES string of the molecule is COc1ccc(/C=C2\SC(=S)N(CCc3ccc(O)cc3)C2=O)c(OC)c1. The summed E-state index contributed by atoms with van der Waals surface area (Å²) in [5.41, 5.74) is 1.82. The lowest BCUT2D eigenvalue weighted by molar-refractivity contribution is -0.122. The van der Waals surface area contributed by atoms with Gasteiger partial charge in [0.15, 0.2) is 0 Å². The third-order valence-corrected chi connectivity index (χ3v) is 5.54. The summed E-state index contributed by atoms with van der Waals surface area (Å²) in [6.07, 6.45) is 2.45. The first kappa shape index (κ1) is 19.3. The largest absolute Gasteiger partial charge is 0.508 e. The van der Waals surface area contributed by atoms with Crippen molar-refractivity contribution in [1.29, 1.82) is 0 Å². The van der Waals surface area contributed by atoms with Gasteiger partial charge in [-0.2, -0.15) is 0 Å². The van der Waals surface area contributed by atoms with Crippen LogP contribution < -0.4 is 9.47 Å². The topological polar surface area (TPSA) is 59.0 Å². The predicted octanol–water partition coefficient (Wildman–Crippen LogP) is 3.85. The van der Waals surface area contributed by atoms with E-state index in [1.54, 1.807) is 43.4 Å². The molecule has 1 amide bonds. The first-order valence-electron chi connectivity index (χ1n) is 8.27. The first-order chi connectivity index (χ1) is 13.0. The number of phenols is 1. The number of hydrogen-bond donors (Lipinski definition) is 1. The van der Waals surface area contributed by atoms with Gasteiger partial charge in [-0.3, -0.25) is 9.69 Å². The molecule has 0 bridgehead atoms. The van der Waals surface area contributed by atoms with Crippen LogP contribution in [0.2, 0.25) is 0 Å². The molecule has 0 unspecified atom stereocenters. The summed E-state index contributed by atoms with van der Waals surface area (Å²) in [4.78, 5) is 14.9. The Bertz CT molecular complexity index is 893. The minimum Gasteiger partial charge on any atom is -0.508 e. The van der Waals surface area contributed by atoms with Crippen molar-refractivity contribution in [1.82, 2.24) is 4.90 Å². The van der Waals surface area contributed by atoms with Crippen LogP contribution in [0.5, 0.6) is 17.2 Å². The number of hydrogen-bond acceptors (Lipinski definition) is 6. The number of nitrogens with zero attached hydrogens (tertiary/aromatic N) is 1. The zero-order valence-electron chi connectivity index (χ0n) is 15.0. The van der Waals surface area contributed by atoms with Gasteiger partial charge in [-0.25, -0.2) is 0 Å². The molecule has 3 rings (SSSR count). The Kier molecular flexibility index (Phi) is 6.03. The van der Waals surface area contributed by atoms with Gasteiger partial charge >= 0.3 is 0 Å². The fraction of sp³-hybridized carbons (Fsp3) is 0.200. The molecule has 27 heavy (non-hydrogen) atoms. The molecule has 0 radical (unpaired) electrons. The Morgan fingerprint density at radius 2 is 1.89 bits per heavy atom. The van der Waals surface area contributed by atoms with Crippen LogP contribution in [0.15, 0.2) is 47.4 Å². The van der Waals surface area contributed by atoms with Crippen molar-refractivity contribution in [3.05, 3.63) is 58.5 Å². The van der Waals surface area contributed by atoms with Crippen LogP contribution in [-0.2, 0) is 11.2 Å². The van der Waals surface area contributed by atoms with Crippen LogP contribution in [0.3, 0.4) is 0 Å². The highest BCUT2D eigenvalue weighted by Crippen LogP contribution is 2.35. The second kappa shape index (κ2) is 8.45. The highest BCUT2D eigenvalue weighted by atomic mass is 32.2. The van der Waals surface area contributed by atoms with Gasteiger partial charge in [0.05, 0.1) is 19.1 Å². The maximum absolute atomic E-state index is 12.8. The van der Waals surface area contributed by atoms with Crippen molar-refractivity contribution in [3.63, 3.8) is 0 Å². The molecular formula is C20H19NO4S2. The van der Waals surface area contributed by atoms with E-state index in [1.165, 1.54) is 11.8 Å². The predicted molar refractivity (Wildman–Crippen MR) is 111 cm³/mol. The first-order valence-corrected chi connectivity index (χ1v) is 9.49. The summed E-state index contributed by atoms with van der Waals surface area (Å²) in [5.74, 6) is 1.43. The molecule has 0 aromatic heterocycles. The molecule has 0 saturated carbocycles. The monoisotopic (exact) mass is 401 g/mol. The molecule has 1 aliphatic heterocycles. The van der Waals surface area contributed by atoms with Crippen molar-refractivity contribution in [2.75, 3.05) is 20.8 Å². The average Bonchev–Trinajstić information content (AvgIpc) is 2.94. The van der Waals surface area contributed by atoms with E-state index in [2.05, 4.69) is 0 Å². The highest BCUT2D eigenvalue weighted by molar-refractivity contribution is 8.26. The number of amides is 1. The second-order valence-electron chi connectivity index (χ2n) is 5.86. The van der Waals surface area contributed by atoms with Crippen molar-refractivity contribution in [3.8, 4) is 17.2 Å². The Balaban J connectivity index is 1.75. The number of aromatic hydroxyl groups is 1. The number of phenolic OH excluding ortho intramolecular Hbond substituents is 1. The molecule has 1 aliphatic rings. The Labute approximate surface area is 167 Å². The van der Waals surface area contributed by atoms with E-state index in [0.717, 1.165) is 11.1 Å². The van der Waals surface area contributed by atoms with Crippen LogP contribution in [0.1, 0.15) is 11.1 Å². The van der Waals surface area contributed by atoms with E-state index in [-0.39, 0.29) is 11.7 Å². The molecule has 1 saturated heterocycles. The van der Waals surface area contributed by atoms with E-state index in [9.17, 15) is 9.90 Å². The lowest BCUT2D eigenvalue weighted by atomic mass is 10.1. The Morgan fingerprint density at radius 1 is 1.15 bits per heavy atom. The lowest BCUT2D eigenvalue weighted by Gasteiger charge is -2.14. The van der Waals surface area contributed by atoms with Crippen LogP contribution in [0, 0.1) is 0 Å². The minimum absolute atomic E-state index is 0.110. The fourth-order valence-corrected chi connectivity index (χ4v) is 3.97. The van der Waals surface area contributed by atoms with Gasteiger partial charge in [-0.1, -0.05) is 36.1 Å². The standard InChI is InChI=1S/C20H19NO4S2/c1-24-16-8-5-14(17(12-16)25-2)11-18-19(23)21(20(26)27-18)10-9-13-3-6-15(22)7-4-13/h3-8,11-12,22H,9-10H2,1-2H3/b18-11-. The zero-order chi connectivity index (χ0) is 19.4. The molecular weight excluding hydrogens is 382 g/mol. The van der Waals surface area contributed by atoms with Crippen LogP contribution in [0.25, 0.3) is 6.08 Å². The molecule has 2 aromatic rings. The number of methoxy groups -OCH3 is 2. The molecule has 1 heterocycles. The van der Waals surface area contributed by atoms with Crippen molar-refractivity contribution >= 4 is 40.3 Å². The quantitative estimate of drug-likeness (QED) is 0.586. The number of thioether (sulfide) groups is 1. The maximum atomic E-state index is 12.8. The number of rotatable bonds is 6. The van der Waals surface area contributed by atoms with Crippen LogP contribution in [-0.4, -0.2) is 41.0 Å². The third-order valence-electron chi connectivity index (χ3n) is 4.16. The summed E-state index contributed by atoms with van der Waals surface area (Å²) in [6, 6.07) is 12.4. The number of ether oxygens (including phenoxy) is 2. The Hall–Kier alpha value is -2.51. The van der Waals surface area contributed by atoms with E-state index in [4.69, 9.17) is 21.7 Å². The van der Waals surface area contributed by atoms with E-state index >= 15 is 0 Å². The van der Waals surface area contributed by atoms with Gasteiger partial charge in [0.25, 0.3) is 5.91 Å². The smallest absolute Gasteiger partial charge is 0.266 e. The van der Waals surface area contributed by atoms with Crippen molar-refractivity contribution in [2.45, 2.75) is 6.42 Å². The van der Waals surface area contributed by atoms with E-state index < -0.39 is 0 Å². The van der Waals surface area contributed by atoms with Crippen molar-refractivity contribution < 1.29 is 19.4 Å². The number of benzene rings is 2. The van der Waals surface area contributed by atoms with Gasteiger partial charge < -0.3 is 14.6 Å².